The second kappa shape index (κ2) is 7.53. The molecule has 124 valence electrons. The summed E-state index contributed by atoms with van der Waals surface area (Å²) in [6.45, 7) is 2.31. The van der Waals surface area contributed by atoms with Gasteiger partial charge < -0.3 is 19.3 Å². The highest BCUT2D eigenvalue weighted by Gasteiger charge is 2.49. The summed E-state index contributed by atoms with van der Waals surface area (Å²) in [4.78, 5) is 2.84. The molecule has 0 amide bonds. The molecule has 1 aromatic rings. The molecule has 1 unspecified atom stereocenters. The van der Waals surface area contributed by atoms with Crippen molar-refractivity contribution in [2.75, 3.05) is 12.4 Å². The van der Waals surface area contributed by atoms with E-state index in [9.17, 15) is 5.11 Å². The van der Waals surface area contributed by atoms with E-state index in [1.165, 1.54) is 11.8 Å². The Morgan fingerprint density at radius 3 is 2.83 bits per heavy atom. The molecule has 0 radical (unpaired) electrons. The maximum absolute atomic E-state index is 10.6. The highest BCUT2D eigenvalue weighted by molar-refractivity contribution is 7.99. The van der Waals surface area contributed by atoms with Crippen LogP contribution < -0.4 is 0 Å². The van der Waals surface area contributed by atoms with E-state index in [-0.39, 0.29) is 6.10 Å². The lowest BCUT2D eigenvalue weighted by molar-refractivity contribution is -0.305. The van der Waals surface area contributed by atoms with Crippen LogP contribution in [0.4, 0.5) is 0 Å². The summed E-state index contributed by atoms with van der Waals surface area (Å²) >= 11 is 1.50. The molecule has 3 rings (SSSR count). The third kappa shape index (κ3) is 3.47. The molecule has 2 heterocycles. The number of hydrogen-bond donors (Lipinski definition) is 1. The molecule has 2 aliphatic rings. The van der Waals surface area contributed by atoms with Crippen molar-refractivity contribution in [1.82, 2.24) is 0 Å². The smallest absolute Gasteiger partial charge is 0.184 e. The van der Waals surface area contributed by atoms with E-state index < -0.39 is 30.0 Å². The van der Waals surface area contributed by atoms with Gasteiger partial charge in [-0.1, -0.05) is 42.4 Å². The molecule has 23 heavy (non-hydrogen) atoms. The van der Waals surface area contributed by atoms with Crippen molar-refractivity contribution in [3.63, 3.8) is 0 Å². The number of nitrogens with zero attached hydrogens (tertiary/aromatic N) is 3. The molecule has 1 N–H and O–H groups in total. The lowest BCUT2D eigenvalue weighted by atomic mass is 9.97. The fourth-order valence-electron chi connectivity index (χ4n) is 2.84. The molecule has 0 aromatic heterocycles. The number of hydrogen-bond acceptors (Lipinski definition) is 6. The minimum absolute atomic E-state index is 0.324. The summed E-state index contributed by atoms with van der Waals surface area (Å²) < 4.78 is 17.6. The number of benzene rings is 1. The average Bonchev–Trinajstić information content (AvgIpc) is 2.59. The minimum atomic E-state index is -0.927. The van der Waals surface area contributed by atoms with Crippen LogP contribution in [-0.2, 0) is 14.2 Å². The van der Waals surface area contributed by atoms with Gasteiger partial charge in [0.05, 0.1) is 12.7 Å². The molecular formula is C15H19N3O4S. The summed E-state index contributed by atoms with van der Waals surface area (Å²) in [5.41, 5.74) is 9.25. The molecule has 0 spiro atoms. The molecule has 0 saturated carbocycles. The van der Waals surface area contributed by atoms with Gasteiger partial charge in [-0.05, 0) is 11.3 Å². The highest BCUT2D eigenvalue weighted by Crippen LogP contribution is 2.37. The molecule has 6 atom stereocenters. The molecule has 0 bridgehead atoms. The molecule has 1 aromatic carbocycles. The Morgan fingerprint density at radius 1 is 1.35 bits per heavy atom. The summed E-state index contributed by atoms with van der Waals surface area (Å²) in [5.74, 6) is 0.792. The SMILES string of the molecule is CCS[C@@H]1O[C@@H]2COC(c3ccccc3)O[C@H]2[C@@H](O)[C@H]1N=[N+]=[N-]. The van der Waals surface area contributed by atoms with Crippen molar-refractivity contribution in [2.45, 2.75) is 43.0 Å². The maximum Gasteiger partial charge on any atom is 0.184 e. The van der Waals surface area contributed by atoms with Crippen LogP contribution in [0.25, 0.3) is 10.4 Å². The Morgan fingerprint density at radius 2 is 2.13 bits per heavy atom. The summed E-state index contributed by atoms with van der Waals surface area (Å²) in [6, 6.07) is 8.85. The summed E-state index contributed by atoms with van der Waals surface area (Å²) in [5, 5.41) is 14.3. The maximum atomic E-state index is 10.6. The second-order valence-electron chi connectivity index (χ2n) is 5.36. The Labute approximate surface area is 138 Å². The van der Waals surface area contributed by atoms with E-state index in [1.54, 1.807) is 0 Å². The number of thioether (sulfide) groups is 1. The first-order valence-corrected chi connectivity index (χ1v) is 8.60. The van der Waals surface area contributed by atoms with Crippen molar-refractivity contribution in [2.24, 2.45) is 5.11 Å². The third-order valence-electron chi connectivity index (χ3n) is 3.92. The Bertz CT molecular complexity index is 569. The molecule has 2 aliphatic heterocycles. The van der Waals surface area contributed by atoms with Gasteiger partial charge in [-0.15, -0.1) is 11.8 Å². The first kappa shape index (κ1) is 16.6. The summed E-state index contributed by atoms with van der Waals surface area (Å²) in [7, 11) is 0. The van der Waals surface area contributed by atoms with E-state index in [0.29, 0.717) is 6.61 Å². The van der Waals surface area contributed by atoms with Crippen LogP contribution in [0.1, 0.15) is 18.8 Å². The Hall–Kier alpha value is -1.28. The standard InChI is InChI=1S/C15H19N3O4S/c1-2-23-15-11(17-18-16)12(19)13-10(21-15)8-20-14(22-13)9-6-4-3-5-7-9/h3-7,10-15,19H,2,8H2,1H3/t10-,11-,12+,13-,14?,15+/m1/s1. The first-order chi connectivity index (χ1) is 11.2. The van der Waals surface area contributed by atoms with Crippen molar-refractivity contribution in [3.05, 3.63) is 46.3 Å². The fraction of sp³-hybridized carbons (Fsp3) is 0.600. The van der Waals surface area contributed by atoms with Crippen molar-refractivity contribution >= 4 is 11.8 Å². The molecule has 8 heteroatoms. The topological polar surface area (TPSA) is 96.7 Å². The zero-order valence-electron chi connectivity index (χ0n) is 12.7. The Kier molecular flexibility index (Phi) is 5.42. The van der Waals surface area contributed by atoms with Gasteiger partial charge >= 0.3 is 0 Å². The monoisotopic (exact) mass is 337 g/mol. The number of ether oxygens (including phenoxy) is 3. The van der Waals surface area contributed by atoms with E-state index >= 15 is 0 Å². The highest BCUT2D eigenvalue weighted by atomic mass is 32.2. The van der Waals surface area contributed by atoms with Crippen molar-refractivity contribution in [1.29, 1.82) is 0 Å². The second-order valence-corrected chi connectivity index (χ2v) is 6.74. The van der Waals surface area contributed by atoms with E-state index in [2.05, 4.69) is 10.0 Å². The van der Waals surface area contributed by atoms with Gasteiger partial charge in [0.2, 0.25) is 0 Å². The predicted octanol–water partition coefficient (Wildman–Crippen LogP) is 2.62. The van der Waals surface area contributed by atoms with Crippen LogP contribution in [0.15, 0.2) is 35.4 Å². The van der Waals surface area contributed by atoms with Gasteiger partial charge in [-0.3, -0.25) is 0 Å². The lowest BCUT2D eigenvalue weighted by Crippen LogP contribution is -2.60. The van der Waals surface area contributed by atoms with Gasteiger partial charge in [0.15, 0.2) is 6.29 Å². The van der Waals surface area contributed by atoms with Gasteiger partial charge in [0, 0.05) is 10.5 Å². The fourth-order valence-corrected chi connectivity index (χ4v) is 3.80. The van der Waals surface area contributed by atoms with Crippen LogP contribution in [0.3, 0.4) is 0 Å². The number of fused-ring (bicyclic) bond motifs is 1. The number of azide groups is 1. The van der Waals surface area contributed by atoms with Gasteiger partial charge in [-0.2, -0.15) is 0 Å². The molecule has 7 nitrogen and oxygen atoms in total. The zero-order chi connectivity index (χ0) is 16.2. The number of aliphatic hydroxyl groups excluding tert-OH is 1. The zero-order valence-corrected chi connectivity index (χ0v) is 13.5. The van der Waals surface area contributed by atoms with Gasteiger partial charge in [-0.25, -0.2) is 0 Å². The van der Waals surface area contributed by atoms with Crippen LogP contribution in [0, 0.1) is 0 Å². The van der Waals surface area contributed by atoms with E-state index in [1.807, 2.05) is 37.3 Å². The van der Waals surface area contributed by atoms with Crippen LogP contribution in [-0.4, -0.2) is 47.3 Å². The van der Waals surface area contributed by atoms with Crippen LogP contribution in [0.2, 0.25) is 0 Å². The number of aliphatic hydroxyl groups is 1. The van der Waals surface area contributed by atoms with Crippen LogP contribution >= 0.6 is 11.8 Å². The average molecular weight is 337 g/mol. The van der Waals surface area contributed by atoms with Crippen molar-refractivity contribution in [3.8, 4) is 0 Å². The van der Waals surface area contributed by atoms with Gasteiger partial charge in [0.25, 0.3) is 0 Å². The van der Waals surface area contributed by atoms with E-state index in [0.717, 1.165) is 11.3 Å². The lowest BCUT2D eigenvalue weighted by Gasteiger charge is -2.46. The largest absolute Gasteiger partial charge is 0.390 e. The van der Waals surface area contributed by atoms with Gasteiger partial charge in [0.1, 0.15) is 23.7 Å². The molecular weight excluding hydrogens is 318 g/mol. The predicted molar refractivity (Wildman–Crippen MR) is 85.7 cm³/mol. The normalized spacial score (nSPS) is 36.8. The molecule has 2 fully saturated rings. The first-order valence-electron chi connectivity index (χ1n) is 7.56. The minimum Gasteiger partial charge on any atom is -0.390 e. The van der Waals surface area contributed by atoms with Crippen molar-refractivity contribution < 1.29 is 19.3 Å². The third-order valence-corrected chi connectivity index (χ3v) is 4.97. The summed E-state index contributed by atoms with van der Waals surface area (Å²) in [6.07, 6.45) is -2.45. The van der Waals surface area contributed by atoms with E-state index in [4.69, 9.17) is 19.7 Å². The molecule has 2 saturated heterocycles. The molecule has 0 aliphatic carbocycles. The van der Waals surface area contributed by atoms with Crippen LogP contribution in [0.5, 0.6) is 0 Å². The quantitative estimate of drug-likeness (QED) is 0.517. The number of rotatable bonds is 4. The Balaban J connectivity index is 1.77.